The van der Waals surface area contributed by atoms with Crippen LogP contribution in [0.4, 0.5) is 10.1 Å². The van der Waals surface area contributed by atoms with Crippen LogP contribution in [0.1, 0.15) is 28.3 Å². The van der Waals surface area contributed by atoms with Crippen molar-refractivity contribution in [2.45, 2.75) is 12.3 Å². The summed E-state index contributed by atoms with van der Waals surface area (Å²) in [6.45, 7) is 1.41. The summed E-state index contributed by atoms with van der Waals surface area (Å²) in [4.78, 5) is 14.2. The molecule has 3 nitrogen and oxygen atoms in total. The maximum atomic E-state index is 13.2. The lowest BCUT2D eigenvalue weighted by molar-refractivity contribution is 0.0791. The van der Waals surface area contributed by atoms with E-state index < -0.39 is 5.82 Å². The van der Waals surface area contributed by atoms with Gasteiger partial charge < -0.3 is 10.6 Å². The Labute approximate surface area is 123 Å². The fraction of sp³-hybridized carbons (Fsp3) is 0.235. The summed E-state index contributed by atoms with van der Waals surface area (Å²) in [5.74, 6) is -0.205. The second kappa shape index (κ2) is 5.56. The Balaban J connectivity index is 1.74. The average Bonchev–Trinajstić information content (AvgIpc) is 3.00. The minimum absolute atomic E-state index is 0.0136. The maximum absolute atomic E-state index is 13.2. The largest absolute Gasteiger partial charge is 0.396 e. The quantitative estimate of drug-likeness (QED) is 0.862. The molecule has 1 aliphatic rings. The Morgan fingerprint density at radius 3 is 2.67 bits per heavy atom. The molecule has 2 aromatic carbocycles. The molecule has 0 aliphatic carbocycles. The van der Waals surface area contributed by atoms with Crippen LogP contribution in [0, 0.1) is 5.82 Å². The number of nitrogens with two attached hydrogens (primary N) is 1. The monoisotopic (exact) mass is 284 g/mol. The van der Waals surface area contributed by atoms with Gasteiger partial charge in [-0.2, -0.15) is 0 Å². The zero-order chi connectivity index (χ0) is 14.8. The summed E-state index contributed by atoms with van der Waals surface area (Å²) >= 11 is 0. The van der Waals surface area contributed by atoms with E-state index in [0.29, 0.717) is 18.0 Å². The third kappa shape index (κ3) is 2.75. The first-order chi connectivity index (χ1) is 10.1. The summed E-state index contributed by atoms with van der Waals surface area (Å²) in [6, 6.07) is 14.3. The molecule has 0 aromatic heterocycles. The molecular formula is C17H17FN2O. The van der Waals surface area contributed by atoms with Crippen molar-refractivity contribution in [2.24, 2.45) is 0 Å². The zero-order valence-electron chi connectivity index (χ0n) is 11.6. The lowest BCUT2D eigenvalue weighted by atomic mass is 9.99. The van der Waals surface area contributed by atoms with E-state index in [0.717, 1.165) is 13.0 Å². The SMILES string of the molecule is Nc1cc(C(=O)N2CCC(c3ccccc3)C2)ccc1F. The van der Waals surface area contributed by atoms with E-state index in [4.69, 9.17) is 5.73 Å². The molecule has 1 atom stereocenters. The van der Waals surface area contributed by atoms with Gasteiger partial charge in [0, 0.05) is 24.6 Å². The fourth-order valence-corrected chi connectivity index (χ4v) is 2.80. The van der Waals surface area contributed by atoms with Gasteiger partial charge in [-0.1, -0.05) is 30.3 Å². The van der Waals surface area contributed by atoms with Crippen LogP contribution < -0.4 is 5.73 Å². The van der Waals surface area contributed by atoms with Crippen molar-refractivity contribution < 1.29 is 9.18 Å². The van der Waals surface area contributed by atoms with Crippen molar-refractivity contribution in [3.05, 3.63) is 65.5 Å². The molecule has 0 saturated carbocycles. The van der Waals surface area contributed by atoms with Crippen LogP contribution in [0.25, 0.3) is 0 Å². The van der Waals surface area contributed by atoms with Crippen molar-refractivity contribution in [2.75, 3.05) is 18.8 Å². The second-order valence-electron chi connectivity index (χ2n) is 5.38. The molecule has 1 unspecified atom stereocenters. The van der Waals surface area contributed by atoms with E-state index in [9.17, 15) is 9.18 Å². The van der Waals surface area contributed by atoms with Gasteiger partial charge in [-0.3, -0.25) is 4.79 Å². The van der Waals surface area contributed by atoms with Crippen LogP contribution in [-0.2, 0) is 0 Å². The molecule has 4 heteroatoms. The second-order valence-corrected chi connectivity index (χ2v) is 5.38. The third-order valence-electron chi connectivity index (χ3n) is 3.99. The number of nitrogens with zero attached hydrogens (tertiary/aromatic N) is 1. The topological polar surface area (TPSA) is 46.3 Å². The van der Waals surface area contributed by atoms with Gasteiger partial charge in [0.1, 0.15) is 5.82 Å². The summed E-state index contributed by atoms with van der Waals surface area (Å²) < 4.78 is 13.2. The molecule has 1 fully saturated rings. The van der Waals surface area contributed by atoms with Crippen LogP contribution in [0.2, 0.25) is 0 Å². The standard InChI is InChI=1S/C17H17FN2O/c18-15-7-6-13(10-16(15)19)17(21)20-9-8-14(11-20)12-4-2-1-3-5-12/h1-7,10,14H,8-9,11,19H2. The van der Waals surface area contributed by atoms with Crippen molar-refractivity contribution >= 4 is 11.6 Å². The molecule has 0 radical (unpaired) electrons. The van der Waals surface area contributed by atoms with Crippen molar-refractivity contribution in [3.63, 3.8) is 0 Å². The lowest BCUT2D eigenvalue weighted by Gasteiger charge is -2.17. The number of carbonyl (C=O) groups excluding carboxylic acids is 1. The number of benzene rings is 2. The average molecular weight is 284 g/mol. The zero-order valence-corrected chi connectivity index (χ0v) is 11.6. The summed E-state index contributed by atoms with van der Waals surface area (Å²) in [5.41, 5.74) is 7.25. The minimum atomic E-state index is -0.491. The van der Waals surface area contributed by atoms with E-state index in [1.807, 2.05) is 23.1 Å². The van der Waals surface area contributed by atoms with E-state index in [1.165, 1.54) is 23.8 Å². The number of likely N-dealkylation sites (tertiary alicyclic amines) is 1. The number of carbonyl (C=O) groups is 1. The fourth-order valence-electron chi connectivity index (χ4n) is 2.80. The Bertz CT molecular complexity index is 657. The van der Waals surface area contributed by atoms with Crippen LogP contribution in [0.15, 0.2) is 48.5 Å². The number of hydrogen-bond donors (Lipinski definition) is 1. The maximum Gasteiger partial charge on any atom is 0.253 e. The Kier molecular flexibility index (Phi) is 3.60. The van der Waals surface area contributed by atoms with Gasteiger partial charge in [-0.25, -0.2) is 4.39 Å². The van der Waals surface area contributed by atoms with Crippen molar-refractivity contribution in [3.8, 4) is 0 Å². The highest BCUT2D eigenvalue weighted by atomic mass is 19.1. The van der Waals surface area contributed by atoms with Crippen LogP contribution >= 0.6 is 0 Å². The number of anilines is 1. The van der Waals surface area contributed by atoms with Crippen LogP contribution in [-0.4, -0.2) is 23.9 Å². The Morgan fingerprint density at radius 1 is 1.19 bits per heavy atom. The van der Waals surface area contributed by atoms with Gasteiger partial charge in [-0.05, 0) is 30.2 Å². The van der Waals surface area contributed by atoms with Gasteiger partial charge in [0.25, 0.3) is 5.91 Å². The molecule has 0 bridgehead atoms. The third-order valence-corrected chi connectivity index (χ3v) is 3.99. The highest BCUT2D eigenvalue weighted by molar-refractivity contribution is 5.95. The number of hydrogen-bond acceptors (Lipinski definition) is 2. The first-order valence-corrected chi connectivity index (χ1v) is 7.04. The minimum Gasteiger partial charge on any atom is -0.396 e. The molecule has 2 N–H and O–H groups in total. The van der Waals surface area contributed by atoms with Gasteiger partial charge in [-0.15, -0.1) is 0 Å². The predicted molar refractivity (Wildman–Crippen MR) is 80.5 cm³/mol. The molecule has 3 rings (SSSR count). The first-order valence-electron chi connectivity index (χ1n) is 7.04. The highest BCUT2D eigenvalue weighted by Gasteiger charge is 2.28. The predicted octanol–water partition coefficient (Wildman–Crippen LogP) is 3.04. The molecule has 1 aliphatic heterocycles. The molecule has 1 amide bonds. The van der Waals surface area contributed by atoms with Crippen LogP contribution in [0.5, 0.6) is 0 Å². The summed E-state index contributed by atoms with van der Waals surface area (Å²) in [7, 11) is 0. The number of halogens is 1. The van der Waals surface area contributed by atoms with Gasteiger partial charge >= 0.3 is 0 Å². The van der Waals surface area contributed by atoms with Gasteiger partial charge in [0.15, 0.2) is 0 Å². The number of rotatable bonds is 2. The van der Waals surface area contributed by atoms with Gasteiger partial charge in [0.05, 0.1) is 5.69 Å². The molecule has 108 valence electrons. The molecule has 1 saturated heterocycles. The van der Waals surface area contributed by atoms with E-state index in [1.54, 1.807) is 0 Å². The molecule has 21 heavy (non-hydrogen) atoms. The first kappa shape index (κ1) is 13.6. The Morgan fingerprint density at radius 2 is 1.95 bits per heavy atom. The molecular weight excluding hydrogens is 267 g/mol. The molecule has 1 heterocycles. The normalized spacial score (nSPS) is 18.0. The van der Waals surface area contributed by atoms with E-state index in [-0.39, 0.29) is 11.6 Å². The smallest absolute Gasteiger partial charge is 0.253 e. The van der Waals surface area contributed by atoms with E-state index >= 15 is 0 Å². The van der Waals surface area contributed by atoms with E-state index in [2.05, 4.69) is 12.1 Å². The highest BCUT2D eigenvalue weighted by Crippen LogP contribution is 2.28. The Hall–Kier alpha value is -2.36. The summed E-state index contributed by atoms with van der Waals surface area (Å²) in [6.07, 6.45) is 0.951. The number of nitrogen functional groups attached to an aromatic ring is 1. The van der Waals surface area contributed by atoms with Gasteiger partial charge in [0.2, 0.25) is 0 Å². The lowest BCUT2D eigenvalue weighted by Crippen LogP contribution is -2.28. The van der Waals surface area contributed by atoms with Crippen molar-refractivity contribution in [1.82, 2.24) is 4.90 Å². The number of amides is 1. The summed E-state index contributed by atoms with van der Waals surface area (Å²) in [5, 5.41) is 0. The van der Waals surface area contributed by atoms with Crippen molar-refractivity contribution in [1.29, 1.82) is 0 Å². The van der Waals surface area contributed by atoms with Crippen LogP contribution in [0.3, 0.4) is 0 Å². The molecule has 0 spiro atoms. The molecule has 2 aromatic rings.